The van der Waals surface area contributed by atoms with Gasteiger partial charge in [-0.1, -0.05) is 5.57 Å². The van der Waals surface area contributed by atoms with Gasteiger partial charge in [-0.05, 0) is 56.2 Å². The van der Waals surface area contributed by atoms with E-state index in [0.717, 1.165) is 42.9 Å². The Kier molecular flexibility index (Phi) is 4.88. The third-order valence-electron chi connectivity index (χ3n) is 4.49. The predicted octanol–water partition coefficient (Wildman–Crippen LogP) is 4.66. The summed E-state index contributed by atoms with van der Waals surface area (Å²) < 4.78 is 31.9. The maximum Gasteiger partial charge on any atom is 0.330 e. The van der Waals surface area contributed by atoms with E-state index in [1.807, 2.05) is 6.07 Å². The number of nitrogens with zero attached hydrogens (tertiary/aromatic N) is 1. The van der Waals surface area contributed by atoms with E-state index in [1.165, 1.54) is 6.07 Å². The van der Waals surface area contributed by atoms with Crippen LogP contribution in [0.1, 0.15) is 44.1 Å². The Hall–Kier alpha value is -2.30. The van der Waals surface area contributed by atoms with Crippen LogP contribution < -0.4 is 0 Å². The summed E-state index contributed by atoms with van der Waals surface area (Å²) in [5.41, 5.74) is 2.55. The number of esters is 1. The maximum absolute atomic E-state index is 13.6. The lowest BCUT2D eigenvalue weighted by Gasteiger charge is -2.25. The van der Waals surface area contributed by atoms with Gasteiger partial charge in [0.25, 0.3) is 0 Å². The summed E-state index contributed by atoms with van der Waals surface area (Å²) in [5.74, 6) is -1.77. The van der Waals surface area contributed by atoms with Crippen molar-refractivity contribution in [2.24, 2.45) is 0 Å². The van der Waals surface area contributed by atoms with E-state index in [1.54, 1.807) is 19.2 Å². The number of ether oxygens (including phenoxy) is 1. The average Bonchev–Trinajstić information content (AvgIpc) is 2.56. The van der Waals surface area contributed by atoms with E-state index >= 15 is 0 Å². The van der Waals surface area contributed by atoms with Crippen molar-refractivity contribution < 1.29 is 18.3 Å². The Balaban J connectivity index is 1.81. The number of carbonyl (C=O) groups excluding carboxylic acids is 1. The number of hydrogen-bond donors (Lipinski definition) is 0. The van der Waals surface area contributed by atoms with Crippen LogP contribution in [0.5, 0.6) is 0 Å². The number of hydrogen-bond acceptors (Lipinski definition) is 3. The number of pyridine rings is 1. The molecule has 5 heteroatoms. The quantitative estimate of drug-likeness (QED) is 0.606. The summed E-state index contributed by atoms with van der Waals surface area (Å²) >= 11 is 0. The van der Waals surface area contributed by atoms with Crippen molar-refractivity contribution >= 4 is 16.9 Å². The highest BCUT2D eigenvalue weighted by molar-refractivity contribution is 5.83. The number of rotatable bonds is 3. The molecule has 126 valence electrons. The van der Waals surface area contributed by atoms with Gasteiger partial charge in [0.15, 0.2) is 11.6 Å². The minimum atomic E-state index is -0.879. The molecule has 0 aliphatic heterocycles. The fraction of sp³-hybridized carbons (Fsp3) is 0.368. The molecule has 3 nitrogen and oxygen atoms in total. The van der Waals surface area contributed by atoms with Crippen LogP contribution in [-0.4, -0.2) is 17.6 Å². The molecule has 0 spiro atoms. The zero-order valence-corrected chi connectivity index (χ0v) is 13.5. The van der Waals surface area contributed by atoms with Crippen LogP contribution in [0.2, 0.25) is 0 Å². The van der Waals surface area contributed by atoms with Crippen LogP contribution >= 0.6 is 0 Å². The summed E-state index contributed by atoms with van der Waals surface area (Å²) in [7, 11) is 0. The fourth-order valence-electron chi connectivity index (χ4n) is 3.31. The summed E-state index contributed by atoms with van der Waals surface area (Å²) in [6.07, 6.45) is 6.55. The van der Waals surface area contributed by atoms with Gasteiger partial charge in [-0.15, -0.1) is 0 Å². The first kappa shape index (κ1) is 16.6. The lowest BCUT2D eigenvalue weighted by Crippen LogP contribution is -2.10. The molecular formula is C19H19F2NO2. The second kappa shape index (κ2) is 7.07. The molecule has 0 atom stereocenters. The van der Waals surface area contributed by atoms with Crippen LogP contribution in [0.15, 0.2) is 36.0 Å². The largest absolute Gasteiger partial charge is 0.463 e. The molecule has 1 heterocycles. The van der Waals surface area contributed by atoms with Gasteiger partial charge in [-0.2, -0.15) is 0 Å². The van der Waals surface area contributed by atoms with Gasteiger partial charge < -0.3 is 4.74 Å². The second-order valence-corrected chi connectivity index (χ2v) is 6.01. The number of halogens is 2. The molecule has 0 bridgehead atoms. The van der Waals surface area contributed by atoms with Crippen LogP contribution in [-0.2, 0) is 9.53 Å². The zero-order valence-electron chi connectivity index (χ0n) is 13.5. The van der Waals surface area contributed by atoms with Crippen LogP contribution in [0.3, 0.4) is 0 Å². The smallest absolute Gasteiger partial charge is 0.330 e. The van der Waals surface area contributed by atoms with E-state index < -0.39 is 11.6 Å². The standard InChI is InChI=1S/C19H19F2NO2/c1-2-24-19(23)9-12-3-5-13(6-4-12)14-7-8-22-18-11-17(21)16(20)10-15(14)18/h7-11,13H,2-6H2,1H3. The van der Waals surface area contributed by atoms with Crippen molar-refractivity contribution in [2.45, 2.75) is 38.5 Å². The summed E-state index contributed by atoms with van der Waals surface area (Å²) in [5, 5.41) is 0.666. The van der Waals surface area contributed by atoms with Gasteiger partial charge in [0, 0.05) is 23.7 Å². The molecule has 0 amide bonds. The van der Waals surface area contributed by atoms with Gasteiger partial charge in [0.05, 0.1) is 12.1 Å². The minimum absolute atomic E-state index is 0.250. The molecule has 1 fully saturated rings. The molecule has 0 N–H and O–H groups in total. The second-order valence-electron chi connectivity index (χ2n) is 6.01. The van der Waals surface area contributed by atoms with E-state index in [2.05, 4.69) is 4.98 Å². The number of carbonyl (C=O) groups is 1. The molecule has 1 saturated carbocycles. The third-order valence-corrected chi connectivity index (χ3v) is 4.49. The molecule has 1 aromatic heterocycles. The molecule has 0 unspecified atom stereocenters. The minimum Gasteiger partial charge on any atom is -0.463 e. The Bertz CT molecular complexity index is 791. The first-order chi connectivity index (χ1) is 11.6. The van der Waals surface area contributed by atoms with Crippen molar-refractivity contribution in [3.63, 3.8) is 0 Å². The summed E-state index contributed by atoms with van der Waals surface area (Å²) in [4.78, 5) is 15.7. The van der Waals surface area contributed by atoms with Gasteiger partial charge in [0.1, 0.15) is 0 Å². The lowest BCUT2D eigenvalue weighted by atomic mass is 9.80. The predicted molar refractivity (Wildman–Crippen MR) is 87.6 cm³/mol. The van der Waals surface area contributed by atoms with Gasteiger partial charge in [-0.25, -0.2) is 13.6 Å². The Morgan fingerprint density at radius 2 is 2.00 bits per heavy atom. The molecule has 1 aliphatic rings. The molecular weight excluding hydrogens is 312 g/mol. The van der Waals surface area contributed by atoms with E-state index in [9.17, 15) is 13.6 Å². The first-order valence-electron chi connectivity index (χ1n) is 8.18. The number of aromatic nitrogens is 1. The van der Waals surface area contributed by atoms with Crippen molar-refractivity contribution in [1.82, 2.24) is 4.98 Å². The average molecular weight is 331 g/mol. The van der Waals surface area contributed by atoms with Gasteiger partial charge in [-0.3, -0.25) is 4.98 Å². The maximum atomic E-state index is 13.6. The zero-order chi connectivity index (χ0) is 17.1. The van der Waals surface area contributed by atoms with E-state index in [0.29, 0.717) is 17.5 Å². The SMILES string of the molecule is CCOC(=O)C=C1CCC(c2ccnc3cc(F)c(F)cc23)CC1. The molecule has 0 radical (unpaired) electrons. The topological polar surface area (TPSA) is 39.2 Å². The molecule has 2 aromatic rings. The molecule has 24 heavy (non-hydrogen) atoms. The van der Waals surface area contributed by atoms with Gasteiger partial charge in [0.2, 0.25) is 0 Å². The fourth-order valence-corrected chi connectivity index (χ4v) is 3.31. The molecule has 1 aliphatic carbocycles. The number of benzene rings is 1. The third kappa shape index (κ3) is 3.45. The van der Waals surface area contributed by atoms with Crippen molar-refractivity contribution in [2.75, 3.05) is 6.61 Å². The Morgan fingerprint density at radius 1 is 1.29 bits per heavy atom. The highest BCUT2D eigenvalue weighted by atomic mass is 19.2. The lowest BCUT2D eigenvalue weighted by molar-refractivity contribution is -0.137. The monoisotopic (exact) mass is 331 g/mol. The normalized spacial score (nSPS) is 17.8. The highest BCUT2D eigenvalue weighted by Crippen LogP contribution is 2.38. The molecule has 3 rings (SSSR count). The molecule has 0 saturated heterocycles. The number of allylic oxidation sites excluding steroid dienone is 1. The van der Waals surface area contributed by atoms with Gasteiger partial charge >= 0.3 is 5.97 Å². The van der Waals surface area contributed by atoms with Crippen molar-refractivity contribution in [3.8, 4) is 0 Å². The van der Waals surface area contributed by atoms with Crippen LogP contribution in [0.4, 0.5) is 8.78 Å². The summed E-state index contributed by atoms with van der Waals surface area (Å²) in [6, 6.07) is 4.25. The highest BCUT2D eigenvalue weighted by Gasteiger charge is 2.21. The number of fused-ring (bicyclic) bond motifs is 1. The molecule has 1 aromatic carbocycles. The van der Waals surface area contributed by atoms with Crippen LogP contribution in [0, 0.1) is 11.6 Å². The Labute approximate surface area is 139 Å². The van der Waals surface area contributed by atoms with E-state index in [-0.39, 0.29) is 11.9 Å². The van der Waals surface area contributed by atoms with Crippen molar-refractivity contribution in [1.29, 1.82) is 0 Å². The first-order valence-corrected chi connectivity index (χ1v) is 8.18. The van der Waals surface area contributed by atoms with Crippen molar-refractivity contribution in [3.05, 3.63) is 53.2 Å². The Morgan fingerprint density at radius 3 is 2.71 bits per heavy atom. The summed E-state index contributed by atoms with van der Waals surface area (Å²) in [6.45, 7) is 2.15. The van der Waals surface area contributed by atoms with E-state index in [4.69, 9.17) is 4.74 Å². The van der Waals surface area contributed by atoms with Crippen LogP contribution in [0.25, 0.3) is 10.9 Å².